The zero-order valence-corrected chi connectivity index (χ0v) is 12.1. The summed E-state index contributed by atoms with van der Waals surface area (Å²) in [6.07, 6.45) is 1.71. The summed E-state index contributed by atoms with van der Waals surface area (Å²) >= 11 is 5.81. The molecule has 3 rings (SSSR count). The normalized spacial score (nSPS) is 10.3. The topological polar surface area (TPSA) is 22.1 Å². The fourth-order valence-electron chi connectivity index (χ4n) is 2.13. The van der Waals surface area contributed by atoms with E-state index >= 15 is 0 Å². The van der Waals surface area contributed by atoms with Crippen LogP contribution in [0.2, 0.25) is 0 Å². The third-order valence-corrected chi connectivity index (χ3v) is 3.40. The maximum atomic E-state index is 6.01. The monoisotopic (exact) mass is 295 g/mol. The molecule has 0 radical (unpaired) electrons. The first kappa shape index (κ1) is 13.7. The SMILES string of the molecule is ClCc1cc(Oc2ccccc2-c2ccccc2)ccn1. The number of ether oxygens (including phenoxy) is 1. The summed E-state index contributed by atoms with van der Waals surface area (Å²) in [6.45, 7) is 0. The van der Waals surface area contributed by atoms with Gasteiger partial charge in [0, 0.05) is 17.8 Å². The highest BCUT2D eigenvalue weighted by Crippen LogP contribution is 2.33. The van der Waals surface area contributed by atoms with Crippen LogP contribution in [0.15, 0.2) is 72.9 Å². The molecule has 104 valence electrons. The first-order chi connectivity index (χ1) is 10.4. The Bertz CT molecular complexity index is 728. The Morgan fingerprint density at radius 1 is 0.905 bits per heavy atom. The second-order valence-corrected chi connectivity index (χ2v) is 4.85. The molecule has 0 atom stereocenters. The lowest BCUT2D eigenvalue weighted by Crippen LogP contribution is -1.90. The largest absolute Gasteiger partial charge is 0.457 e. The minimum Gasteiger partial charge on any atom is -0.457 e. The molecule has 2 nitrogen and oxygen atoms in total. The smallest absolute Gasteiger partial charge is 0.135 e. The Morgan fingerprint density at radius 3 is 2.48 bits per heavy atom. The highest BCUT2D eigenvalue weighted by atomic mass is 35.5. The molecule has 2 aromatic carbocycles. The van der Waals surface area contributed by atoms with Crippen LogP contribution in [0.25, 0.3) is 11.1 Å². The molecule has 1 aromatic heterocycles. The van der Waals surface area contributed by atoms with Crippen molar-refractivity contribution >= 4 is 11.6 Å². The van der Waals surface area contributed by atoms with E-state index in [1.165, 1.54) is 0 Å². The molecule has 3 heteroatoms. The summed E-state index contributed by atoms with van der Waals surface area (Å²) in [6, 6.07) is 21.8. The maximum absolute atomic E-state index is 6.01. The number of alkyl halides is 1. The van der Waals surface area contributed by atoms with Crippen LogP contribution in [0.4, 0.5) is 0 Å². The molecule has 0 spiro atoms. The van der Waals surface area contributed by atoms with E-state index in [1.54, 1.807) is 6.20 Å². The van der Waals surface area contributed by atoms with Crippen molar-refractivity contribution in [3.63, 3.8) is 0 Å². The van der Waals surface area contributed by atoms with Gasteiger partial charge >= 0.3 is 0 Å². The number of halogens is 1. The zero-order valence-electron chi connectivity index (χ0n) is 11.4. The first-order valence-electron chi connectivity index (χ1n) is 6.70. The Hall–Kier alpha value is -2.32. The summed E-state index contributed by atoms with van der Waals surface area (Å²) in [5.41, 5.74) is 2.98. The molecule has 0 amide bonds. The quantitative estimate of drug-likeness (QED) is 0.611. The molecule has 0 bridgehead atoms. The van der Waals surface area contributed by atoms with E-state index < -0.39 is 0 Å². The molecular formula is C18H14ClNO. The summed E-state index contributed by atoms with van der Waals surface area (Å²) in [7, 11) is 0. The van der Waals surface area contributed by atoms with Gasteiger partial charge in [0.1, 0.15) is 11.5 Å². The predicted octanol–water partition coefficient (Wildman–Crippen LogP) is 5.28. The van der Waals surface area contributed by atoms with Gasteiger partial charge in [-0.05, 0) is 17.7 Å². The van der Waals surface area contributed by atoms with E-state index in [2.05, 4.69) is 17.1 Å². The molecule has 1 heterocycles. The highest BCUT2D eigenvalue weighted by Gasteiger charge is 2.07. The van der Waals surface area contributed by atoms with Gasteiger partial charge in [-0.15, -0.1) is 11.6 Å². The van der Waals surface area contributed by atoms with E-state index in [9.17, 15) is 0 Å². The standard InChI is InChI=1S/C18H14ClNO/c19-13-15-12-16(10-11-20-15)21-18-9-5-4-8-17(18)14-6-2-1-3-7-14/h1-12H,13H2. The summed E-state index contributed by atoms with van der Waals surface area (Å²) in [5, 5.41) is 0. The van der Waals surface area contributed by atoms with Gasteiger partial charge in [0.25, 0.3) is 0 Å². The second kappa shape index (κ2) is 6.42. The molecule has 0 saturated heterocycles. The van der Waals surface area contributed by atoms with Crippen molar-refractivity contribution in [3.05, 3.63) is 78.6 Å². The average Bonchev–Trinajstić information content (AvgIpc) is 2.56. The molecule has 0 unspecified atom stereocenters. The number of rotatable bonds is 4. The Balaban J connectivity index is 1.96. The number of aromatic nitrogens is 1. The number of benzene rings is 2. The van der Waals surface area contributed by atoms with E-state index in [0.29, 0.717) is 5.88 Å². The Kier molecular flexibility index (Phi) is 4.17. The lowest BCUT2D eigenvalue weighted by Gasteiger charge is -2.11. The molecule has 3 aromatic rings. The van der Waals surface area contributed by atoms with Gasteiger partial charge in [0.15, 0.2) is 0 Å². The lowest BCUT2D eigenvalue weighted by atomic mass is 10.1. The number of hydrogen-bond donors (Lipinski definition) is 0. The fourth-order valence-corrected chi connectivity index (χ4v) is 2.28. The van der Waals surface area contributed by atoms with Crippen LogP contribution in [0.3, 0.4) is 0 Å². The number of para-hydroxylation sites is 1. The number of pyridine rings is 1. The van der Waals surface area contributed by atoms with E-state index in [1.807, 2.05) is 54.6 Å². The highest BCUT2D eigenvalue weighted by molar-refractivity contribution is 6.16. The summed E-state index contributed by atoms with van der Waals surface area (Å²) in [5.74, 6) is 1.93. The fraction of sp³-hybridized carbons (Fsp3) is 0.0556. The first-order valence-corrected chi connectivity index (χ1v) is 7.23. The van der Waals surface area contributed by atoms with Crippen molar-refractivity contribution < 1.29 is 4.74 Å². The second-order valence-electron chi connectivity index (χ2n) is 4.58. The Labute approximate surface area is 129 Å². The van der Waals surface area contributed by atoms with Crippen LogP contribution in [0.5, 0.6) is 11.5 Å². The van der Waals surface area contributed by atoms with Crippen LogP contribution in [-0.2, 0) is 5.88 Å². The van der Waals surface area contributed by atoms with Gasteiger partial charge in [0.05, 0.1) is 11.6 Å². The van der Waals surface area contributed by atoms with Crippen LogP contribution in [-0.4, -0.2) is 4.98 Å². The van der Waals surface area contributed by atoms with Crippen molar-refractivity contribution in [2.45, 2.75) is 5.88 Å². The van der Waals surface area contributed by atoms with Crippen molar-refractivity contribution in [1.29, 1.82) is 0 Å². The van der Waals surface area contributed by atoms with Crippen LogP contribution in [0, 0.1) is 0 Å². The van der Waals surface area contributed by atoms with Gasteiger partial charge in [-0.3, -0.25) is 4.98 Å². The molecule has 0 aliphatic heterocycles. The molecule has 0 N–H and O–H groups in total. The number of nitrogens with zero attached hydrogens (tertiary/aromatic N) is 1. The van der Waals surface area contributed by atoms with Crippen LogP contribution < -0.4 is 4.74 Å². The van der Waals surface area contributed by atoms with Crippen LogP contribution in [0.1, 0.15) is 5.69 Å². The van der Waals surface area contributed by atoms with Crippen molar-refractivity contribution in [3.8, 4) is 22.6 Å². The van der Waals surface area contributed by atoms with Gasteiger partial charge in [-0.1, -0.05) is 48.5 Å². The molecular weight excluding hydrogens is 282 g/mol. The molecule has 0 fully saturated rings. The van der Waals surface area contributed by atoms with E-state index in [4.69, 9.17) is 16.3 Å². The van der Waals surface area contributed by atoms with E-state index in [0.717, 1.165) is 28.3 Å². The molecule has 0 saturated carbocycles. The lowest BCUT2D eigenvalue weighted by molar-refractivity contribution is 0.483. The van der Waals surface area contributed by atoms with Gasteiger partial charge in [0.2, 0.25) is 0 Å². The van der Waals surface area contributed by atoms with Crippen molar-refractivity contribution in [2.75, 3.05) is 0 Å². The maximum Gasteiger partial charge on any atom is 0.135 e. The van der Waals surface area contributed by atoms with Gasteiger partial charge in [-0.2, -0.15) is 0 Å². The molecule has 0 aliphatic rings. The van der Waals surface area contributed by atoms with Gasteiger partial charge in [-0.25, -0.2) is 0 Å². The zero-order chi connectivity index (χ0) is 14.5. The van der Waals surface area contributed by atoms with E-state index in [-0.39, 0.29) is 0 Å². The third kappa shape index (κ3) is 3.23. The average molecular weight is 296 g/mol. The minimum absolute atomic E-state index is 0.373. The minimum atomic E-state index is 0.373. The van der Waals surface area contributed by atoms with Gasteiger partial charge < -0.3 is 4.74 Å². The van der Waals surface area contributed by atoms with Crippen molar-refractivity contribution in [2.24, 2.45) is 0 Å². The predicted molar refractivity (Wildman–Crippen MR) is 85.7 cm³/mol. The number of hydrogen-bond acceptors (Lipinski definition) is 2. The summed E-state index contributed by atoms with van der Waals surface area (Å²) < 4.78 is 6.01. The summed E-state index contributed by atoms with van der Waals surface area (Å²) in [4.78, 5) is 4.17. The van der Waals surface area contributed by atoms with Crippen LogP contribution >= 0.6 is 11.6 Å². The molecule has 0 aliphatic carbocycles. The third-order valence-electron chi connectivity index (χ3n) is 3.12. The Morgan fingerprint density at radius 2 is 1.67 bits per heavy atom. The van der Waals surface area contributed by atoms with Crippen molar-refractivity contribution in [1.82, 2.24) is 4.98 Å². The molecule has 21 heavy (non-hydrogen) atoms.